The monoisotopic (exact) mass is 382 g/mol. The van der Waals surface area contributed by atoms with Gasteiger partial charge in [-0.3, -0.25) is 14.4 Å². The number of rotatable bonds is 6. The van der Waals surface area contributed by atoms with Crippen LogP contribution in [0, 0.1) is 17.3 Å². The van der Waals surface area contributed by atoms with E-state index in [0.29, 0.717) is 22.7 Å². The highest BCUT2D eigenvalue weighted by molar-refractivity contribution is 6.05. The molecule has 7 nitrogen and oxygen atoms in total. The van der Waals surface area contributed by atoms with Crippen LogP contribution < -0.4 is 15.4 Å². The van der Waals surface area contributed by atoms with E-state index in [9.17, 15) is 19.5 Å². The number of carbonyl (C=O) groups is 3. The number of carbonyl (C=O) groups excluding carboxylic acids is 2. The lowest BCUT2D eigenvalue weighted by atomic mass is 10.1. The lowest BCUT2D eigenvalue weighted by molar-refractivity contribution is -0.140. The smallest absolute Gasteiger partial charge is 0.307 e. The van der Waals surface area contributed by atoms with Crippen LogP contribution in [-0.4, -0.2) is 30.0 Å². The minimum Gasteiger partial charge on any atom is -0.497 e. The van der Waals surface area contributed by atoms with Gasteiger partial charge < -0.3 is 20.5 Å². The normalized spacial score (nSPS) is 19.4. The molecule has 0 aromatic heterocycles. The van der Waals surface area contributed by atoms with Crippen LogP contribution in [0.25, 0.3) is 0 Å². The van der Waals surface area contributed by atoms with E-state index in [-0.39, 0.29) is 11.8 Å². The fourth-order valence-corrected chi connectivity index (χ4v) is 3.39. The molecular formula is C21H22N2O5. The van der Waals surface area contributed by atoms with E-state index in [2.05, 4.69) is 10.6 Å². The Balaban J connectivity index is 1.61. The maximum Gasteiger partial charge on any atom is 0.307 e. The van der Waals surface area contributed by atoms with Crippen LogP contribution in [0.2, 0.25) is 0 Å². The van der Waals surface area contributed by atoms with Crippen molar-refractivity contribution in [2.45, 2.75) is 13.8 Å². The molecule has 0 saturated heterocycles. The molecule has 1 fully saturated rings. The molecule has 1 aliphatic carbocycles. The van der Waals surface area contributed by atoms with Crippen molar-refractivity contribution in [1.82, 2.24) is 0 Å². The number of anilines is 2. The number of carboxylic acids is 1. The molecule has 2 atom stereocenters. The van der Waals surface area contributed by atoms with Crippen molar-refractivity contribution in [2.75, 3.05) is 17.7 Å². The van der Waals surface area contributed by atoms with Gasteiger partial charge in [0.2, 0.25) is 5.91 Å². The SMILES string of the molecule is COc1ccc(NC(=O)c2ccc(NC(=O)[C@@H]3[C@H](C(=O)O)C3(C)C)cc2)cc1. The van der Waals surface area contributed by atoms with Gasteiger partial charge in [-0.05, 0) is 53.9 Å². The highest BCUT2D eigenvalue weighted by Crippen LogP contribution is 2.58. The largest absolute Gasteiger partial charge is 0.497 e. The highest BCUT2D eigenvalue weighted by atomic mass is 16.5. The molecule has 0 bridgehead atoms. The molecule has 3 rings (SSSR count). The summed E-state index contributed by atoms with van der Waals surface area (Å²) in [7, 11) is 1.57. The molecule has 2 aromatic carbocycles. The molecule has 0 radical (unpaired) electrons. The van der Waals surface area contributed by atoms with Crippen molar-refractivity contribution in [3.63, 3.8) is 0 Å². The van der Waals surface area contributed by atoms with Crippen molar-refractivity contribution in [3.8, 4) is 5.75 Å². The summed E-state index contributed by atoms with van der Waals surface area (Å²) in [5, 5.41) is 14.7. The summed E-state index contributed by atoms with van der Waals surface area (Å²) in [6, 6.07) is 13.4. The molecule has 0 aliphatic heterocycles. The zero-order valence-electron chi connectivity index (χ0n) is 15.9. The lowest BCUT2D eigenvalue weighted by Gasteiger charge is -2.09. The van der Waals surface area contributed by atoms with Gasteiger partial charge in [0.15, 0.2) is 0 Å². The number of benzene rings is 2. The van der Waals surface area contributed by atoms with Crippen LogP contribution in [0.5, 0.6) is 5.75 Å². The molecule has 146 valence electrons. The van der Waals surface area contributed by atoms with Gasteiger partial charge in [0, 0.05) is 16.9 Å². The Labute approximate surface area is 162 Å². The molecule has 1 aliphatic rings. The van der Waals surface area contributed by atoms with E-state index in [0.717, 1.165) is 0 Å². The van der Waals surface area contributed by atoms with Gasteiger partial charge in [-0.1, -0.05) is 13.8 Å². The van der Waals surface area contributed by atoms with Crippen LogP contribution in [0.15, 0.2) is 48.5 Å². The number of ether oxygens (including phenoxy) is 1. The fourth-order valence-electron chi connectivity index (χ4n) is 3.39. The summed E-state index contributed by atoms with van der Waals surface area (Å²) >= 11 is 0. The second-order valence-electron chi connectivity index (χ2n) is 7.36. The third-order valence-electron chi connectivity index (χ3n) is 5.14. The first-order valence-electron chi connectivity index (χ1n) is 8.83. The maximum atomic E-state index is 12.4. The standard InChI is InChI=1S/C21H22N2O5/c1-21(2)16(17(21)20(26)27)19(25)23-13-6-4-12(5-7-13)18(24)22-14-8-10-15(28-3)11-9-14/h4-11,16-17H,1-3H3,(H,22,24)(H,23,25)(H,26,27)/t16-,17+/m0/s1. The summed E-state index contributed by atoms with van der Waals surface area (Å²) in [5.74, 6) is -2.12. The molecule has 2 aromatic rings. The molecule has 1 saturated carbocycles. The summed E-state index contributed by atoms with van der Waals surface area (Å²) < 4.78 is 5.08. The number of aliphatic carboxylic acids is 1. The van der Waals surface area contributed by atoms with E-state index < -0.39 is 23.2 Å². The first-order chi connectivity index (χ1) is 13.2. The summed E-state index contributed by atoms with van der Waals surface area (Å²) in [4.78, 5) is 35.9. The maximum absolute atomic E-state index is 12.4. The molecule has 28 heavy (non-hydrogen) atoms. The molecule has 0 heterocycles. The Morgan fingerprint density at radius 2 is 1.43 bits per heavy atom. The quantitative estimate of drug-likeness (QED) is 0.711. The van der Waals surface area contributed by atoms with E-state index >= 15 is 0 Å². The van der Waals surface area contributed by atoms with Gasteiger partial charge in [-0.2, -0.15) is 0 Å². The van der Waals surface area contributed by atoms with Crippen molar-refractivity contribution >= 4 is 29.2 Å². The topological polar surface area (TPSA) is 105 Å². The number of methoxy groups -OCH3 is 1. The average molecular weight is 382 g/mol. The minimum atomic E-state index is -0.962. The van der Waals surface area contributed by atoms with Crippen LogP contribution in [0.3, 0.4) is 0 Å². The number of hydrogen-bond acceptors (Lipinski definition) is 4. The van der Waals surface area contributed by atoms with E-state index in [1.54, 1.807) is 69.5 Å². The Bertz CT molecular complexity index is 903. The van der Waals surface area contributed by atoms with Crippen LogP contribution in [-0.2, 0) is 9.59 Å². The zero-order valence-corrected chi connectivity index (χ0v) is 15.9. The van der Waals surface area contributed by atoms with Gasteiger partial charge in [-0.15, -0.1) is 0 Å². The lowest BCUT2D eigenvalue weighted by Crippen LogP contribution is -2.18. The van der Waals surface area contributed by atoms with Crippen molar-refractivity contribution in [1.29, 1.82) is 0 Å². The predicted octanol–water partition coefficient (Wildman–Crippen LogP) is 3.24. The van der Waals surface area contributed by atoms with Gasteiger partial charge in [0.05, 0.1) is 18.9 Å². The van der Waals surface area contributed by atoms with Gasteiger partial charge in [-0.25, -0.2) is 0 Å². The second-order valence-corrected chi connectivity index (χ2v) is 7.36. The van der Waals surface area contributed by atoms with Gasteiger partial charge >= 0.3 is 5.97 Å². The highest BCUT2D eigenvalue weighted by Gasteiger charge is 2.65. The molecular weight excluding hydrogens is 360 g/mol. The molecule has 2 amide bonds. The number of amides is 2. The Morgan fingerprint density at radius 3 is 1.93 bits per heavy atom. The number of hydrogen-bond donors (Lipinski definition) is 3. The Kier molecular flexibility index (Phi) is 5.09. The molecule has 7 heteroatoms. The third kappa shape index (κ3) is 3.83. The van der Waals surface area contributed by atoms with E-state index in [4.69, 9.17) is 4.74 Å². The summed E-state index contributed by atoms with van der Waals surface area (Å²) in [6.45, 7) is 3.53. The zero-order chi connectivity index (χ0) is 20.5. The van der Waals surface area contributed by atoms with Crippen molar-refractivity contribution < 1.29 is 24.2 Å². The first-order valence-corrected chi connectivity index (χ1v) is 8.83. The van der Waals surface area contributed by atoms with E-state index in [1.165, 1.54) is 0 Å². The van der Waals surface area contributed by atoms with Crippen LogP contribution >= 0.6 is 0 Å². The molecule has 0 unspecified atom stereocenters. The summed E-state index contributed by atoms with van der Waals surface area (Å²) in [5.41, 5.74) is 1.02. The average Bonchev–Trinajstić information content (AvgIpc) is 3.25. The van der Waals surface area contributed by atoms with Crippen molar-refractivity contribution in [3.05, 3.63) is 54.1 Å². The molecule has 3 N–H and O–H groups in total. The molecule has 0 spiro atoms. The van der Waals surface area contributed by atoms with Crippen molar-refractivity contribution in [2.24, 2.45) is 17.3 Å². The third-order valence-corrected chi connectivity index (χ3v) is 5.14. The second kappa shape index (κ2) is 7.34. The number of nitrogens with one attached hydrogen (secondary N) is 2. The number of carboxylic acid groups (broad SMARTS) is 1. The summed E-state index contributed by atoms with van der Waals surface area (Å²) in [6.07, 6.45) is 0. The minimum absolute atomic E-state index is 0.280. The van der Waals surface area contributed by atoms with Crippen LogP contribution in [0.4, 0.5) is 11.4 Å². The fraction of sp³-hybridized carbons (Fsp3) is 0.286. The van der Waals surface area contributed by atoms with Gasteiger partial charge in [0.1, 0.15) is 5.75 Å². The van der Waals surface area contributed by atoms with E-state index in [1.807, 2.05) is 0 Å². The Morgan fingerprint density at radius 1 is 0.893 bits per heavy atom. The predicted molar refractivity (Wildman–Crippen MR) is 104 cm³/mol. The first kappa shape index (κ1) is 19.4. The Hall–Kier alpha value is -3.35. The van der Waals surface area contributed by atoms with Crippen LogP contribution in [0.1, 0.15) is 24.2 Å². The van der Waals surface area contributed by atoms with Gasteiger partial charge in [0.25, 0.3) is 5.91 Å².